The third kappa shape index (κ3) is 5.77. The van der Waals surface area contributed by atoms with Gasteiger partial charge in [-0.25, -0.2) is 9.18 Å². The molecule has 3 N–H and O–H groups in total. The Bertz CT molecular complexity index is 541. The van der Waals surface area contributed by atoms with Crippen molar-refractivity contribution in [2.45, 2.75) is 32.2 Å². The van der Waals surface area contributed by atoms with Gasteiger partial charge in [0.05, 0.1) is 15.7 Å². The van der Waals surface area contributed by atoms with Crippen molar-refractivity contribution in [3.8, 4) is 0 Å². The number of amides is 2. The summed E-state index contributed by atoms with van der Waals surface area (Å²) in [6, 6.07) is 1.44. The molecular formula is C13H15Cl2FN2O3. The van der Waals surface area contributed by atoms with Crippen molar-refractivity contribution in [1.82, 2.24) is 5.32 Å². The van der Waals surface area contributed by atoms with E-state index in [0.717, 1.165) is 12.1 Å². The summed E-state index contributed by atoms with van der Waals surface area (Å²) in [5.41, 5.74) is -0.646. The fourth-order valence-electron chi connectivity index (χ4n) is 1.60. The Morgan fingerprint density at radius 1 is 1.29 bits per heavy atom. The van der Waals surface area contributed by atoms with Crippen molar-refractivity contribution in [3.63, 3.8) is 0 Å². The summed E-state index contributed by atoms with van der Waals surface area (Å²) in [5, 5.41) is 13.6. The van der Waals surface area contributed by atoms with Crippen LogP contribution < -0.4 is 10.6 Å². The quantitative estimate of drug-likeness (QED) is 0.762. The molecule has 1 aromatic carbocycles. The van der Waals surface area contributed by atoms with E-state index in [0.29, 0.717) is 0 Å². The molecule has 0 unspecified atom stereocenters. The van der Waals surface area contributed by atoms with Gasteiger partial charge < -0.3 is 15.7 Å². The molecule has 0 aliphatic carbocycles. The normalized spacial score (nSPS) is 11.1. The van der Waals surface area contributed by atoms with Gasteiger partial charge in [0.1, 0.15) is 5.82 Å². The van der Waals surface area contributed by atoms with Crippen LogP contribution in [0, 0.1) is 5.82 Å². The standard InChI is InChI=1S/C13H15Cl2FN2O3/c1-13(2,4-3-10(19)20)18-12(21)17-11-8(14)5-7(16)6-9(11)15/h5-6H,3-4H2,1-2H3,(H,19,20)(H2,17,18,21). The van der Waals surface area contributed by atoms with Crippen LogP contribution in [0.1, 0.15) is 26.7 Å². The number of benzene rings is 1. The molecule has 0 aliphatic heterocycles. The van der Waals surface area contributed by atoms with Crippen LogP contribution in [0.5, 0.6) is 0 Å². The minimum absolute atomic E-state index is 0.0292. The molecule has 1 rings (SSSR count). The largest absolute Gasteiger partial charge is 0.481 e. The van der Waals surface area contributed by atoms with E-state index in [9.17, 15) is 14.0 Å². The topological polar surface area (TPSA) is 78.4 Å². The minimum Gasteiger partial charge on any atom is -0.481 e. The zero-order valence-corrected chi connectivity index (χ0v) is 13.0. The first kappa shape index (κ1) is 17.5. The van der Waals surface area contributed by atoms with E-state index < -0.39 is 23.4 Å². The summed E-state index contributed by atoms with van der Waals surface area (Å²) in [4.78, 5) is 22.4. The third-order valence-electron chi connectivity index (χ3n) is 2.66. The number of carbonyl (C=O) groups is 2. The zero-order chi connectivity index (χ0) is 16.2. The fraction of sp³-hybridized carbons (Fsp3) is 0.385. The highest BCUT2D eigenvalue weighted by Crippen LogP contribution is 2.31. The second kappa shape index (κ2) is 6.95. The van der Waals surface area contributed by atoms with E-state index >= 15 is 0 Å². The zero-order valence-electron chi connectivity index (χ0n) is 11.5. The summed E-state index contributed by atoms with van der Waals surface area (Å²) in [7, 11) is 0. The van der Waals surface area contributed by atoms with E-state index in [4.69, 9.17) is 28.3 Å². The van der Waals surface area contributed by atoms with Gasteiger partial charge in [-0.1, -0.05) is 23.2 Å². The molecule has 0 spiro atoms. The number of hydrogen-bond donors (Lipinski definition) is 3. The number of nitrogens with one attached hydrogen (secondary N) is 2. The van der Waals surface area contributed by atoms with Crippen molar-refractivity contribution in [1.29, 1.82) is 0 Å². The smallest absolute Gasteiger partial charge is 0.319 e. The summed E-state index contributed by atoms with van der Waals surface area (Å²) < 4.78 is 13.0. The predicted octanol–water partition coefficient (Wildman–Crippen LogP) is 3.90. The maximum absolute atomic E-state index is 13.0. The molecule has 0 saturated heterocycles. The van der Waals surface area contributed by atoms with Gasteiger partial charge in [0, 0.05) is 12.0 Å². The first-order chi connectivity index (χ1) is 9.60. The van der Waals surface area contributed by atoms with Crippen molar-refractivity contribution in [2.24, 2.45) is 0 Å². The number of carboxylic acids is 1. The molecule has 116 valence electrons. The van der Waals surface area contributed by atoms with Gasteiger partial charge in [0.15, 0.2) is 0 Å². The van der Waals surface area contributed by atoms with Gasteiger partial charge in [-0.2, -0.15) is 0 Å². The lowest BCUT2D eigenvalue weighted by atomic mass is 9.99. The lowest BCUT2D eigenvalue weighted by Crippen LogP contribution is -2.45. The highest BCUT2D eigenvalue weighted by atomic mass is 35.5. The third-order valence-corrected chi connectivity index (χ3v) is 3.26. The first-order valence-corrected chi connectivity index (χ1v) is 6.82. The molecule has 0 fully saturated rings. The summed E-state index contributed by atoms with van der Waals surface area (Å²) in [6.45, 7) is 3.37. The Morgan fingerprint density at radius 2 is 1.81 bits per heavy atom. The highest BCUT2D eigenvalue weighted by molar-refractivity contribution is 6.39. The van der Waals surface area contributed by atoms with E-state index in [1.165, 1.54) is 0 Å². The average molecular weight is 337 g/mol. The number of halogens is 3. The maximum Gasteiger partial charge on any atom is 0.319 e. The Hall–Kier alpha value is -1.53. The van der Waals surface area contributed by atoms with Crippen molar-refractivity contribution in [3.05, 3.63) is 28.0 Å². The number of carboxylic acid groups (broad SMARTS) is 1. The summed E-state index contributed by atoms with van der Waals surface area (Å²) in [6.07, 6.45) is 0.173. The Morgan fingerprint density at radius 3 is 2.29 bits per heavy atom. The second-order valence-electron chi connectivity index (χ2n) is 5.10. The summed E-state index contributed by atoms with van der Waals surface area (Å²) in [5.74, 6) is -1.56. The van der Waals surface area contributed by atoms with Crippen LogP contribution in [0.3, 0.4) is 0 Å². The monoisotopic (exact) mass is 336 g/mol. The van der Waals surface area contributed by atoms with Gasteiger partial charge in [-0.05, 0) is 32.4 Å². The van der Waals surface area contributed by atoms with E-state index in [-0.39, 0.29) is 28.6 Å². The number of aliphatic carboxylic acids is 1. The van der Waals surface area contributed by atoms with Gasteiger partial charge in [-0.15, -0.1) is 0 Å². The molecular weight excluding hydrogens is 322 g/mol. The van der Waals surface area contributed by atoms with Crippen LogP contribution in [-0.4, -0.2) is 22.6 Å². The highest BCUT2D eigenvalue weighted by Gasteiger charge is 2.22. The van der Waals surface area contributed by atoms with E-state index in [2.05, 4.69) is 10.6 Å². The van der Waals surface area contributed by atoms with Crippen LogP contribution >= 0.6 is 23.2 Å². The SMILES string of the molecule is CC(C)(CCC(=O)O)NC(=O)Nc1c(Cl)cc(F)cc1Cl. The van der Waals surface area contributed by atoms with Crippen molar-refractivity contribution < 1.29 is 19.1 Å². The van der Waals surface area contributed by atoms with Crippen LogP contribution in [0.4, 0.5) is 14.9 Å². The number of hydrogen-bond acceptors (Lipinski definition) is 2. The van der Waals surface area contributed by atoms with Crippen LogP contribution in [-0.2, 0) is 4.79 Å². The molecule has 0 saturated carbocycles. The van der Waals surface area contributed by atoms with E-state index in [1.54, 1.807) is 13.8 Å². The second-order valence-corrected chi connectivity index (χ2v) is 5.92. The number of anilines is 1. The van der Waals surface area contributed by atoms with Gasteiger partial charge >= 0.3 is 12.0 Å². The fourth-order valence-corrected chi connectivity index (χ4v) is 2.15. The molecule has 5 nitrogen and oxygen atoms in total. The Labute approximate surface area is 131 Å². The van der Waals surface area contributed by atoms with Crippen LogP contribution in [0.25, 0.3) is 0 Å². The number of carbonyl (C=O) groups excluding carboxylic acids is 1. The molecule has 1 aromatic rings. The molecule has 0 aromatic heterocycles. The predicted molar refractivity (Wildman–Crippen MR) is 79.5 cm³/mol. The van der Waals surface area contributed by atoms with Gasteiger partial charge in [-0.3, -0.25) is 4.79 Å². The van der Waals surface area contributed by atoms with Crippen molar-refractivity contribution >= 4 is 40.9 Å². The Kier molecular flexibility index (Phi) is 5.80. The van der Waals surface area contributed by atoms with Crippen LogP contribution in [0.2, 0.25) is 10.0 Å². The molecule has 0 aliphatic rings. The molecule has 0 radical (unpaired) electrons. The summed E-state index contributed by atoms with van der Waals surface area (Å²) >= 11 is 11.6. The molecule has 8 heteroatoms. The lowest BCUT2D eigenvalue weighted by Gasteiger charge is -2.26. The van der Waals surface area contributed by atoms with Crippen molar-refractivity contribution in [2.75, 3.05) is 5.32 Å². The number of rotatable bonds is 5. The van der Waals surface area contributed by atoms with Gasteiger partial charge in [0.2, 0.25) is 0 Å². The Balaban J connectivity index is 2.72. The van der Waals surface area contributed by atoms with E-state index in [1.807, 2.05) is 0 Å². The van der Waals surface area contributed by atoms with Gasteiger partial charge in [0.25, 0.3) is 0 Å². The molecule has 21 heavy (non-hydrogen) atoms. The molecule has 0 heterocycles. The minimum atomic E-state index is -0.949. The average Bonchev–Trinajstić information content (AvgIpc) is 2.31. The molecule has 2 amide bonds. The molecule has 0 atom stereocenters. The number of urea groups is 1. The van der Waals surface area contributed by atoms with Crippen LogP contribution in [0.15, 0.2) is 12.1 Å². The first-order valence-electron chi connectivity index (χ1n) is 6.06. The molecule has 0 bridgehead atoms. The lowest BCUT2D eigenvalue weighted by molar-refractivity contribution is -0.137. The maximum atomic E-state index is 13.0.